The molecule has 1 aliphatic rings. The molecule has 25 heavy (non-hydrogen) atoms. The zero-order valence-corrected chi connectivity index (χ0v) is 14.7. The molecule has 0 spiro atoms. The van der Waals surface area contributed by atoms with Crippen LogP contribution in [0.15, 0.2) is 47.5 Å². The summed E-state index contributed by atoms with van der Waals surface area (Å²) in [6.07, 6.45) is 0. The van der Waals surface area contributed by atoms with Crippen LogP contribution in [0.3, 0.4) is 0 Å². The molecule has 0 saturated carbocycles. The van der Waals surface area contributed by atoms with E-state index in [0.29, 0.717) is 30.7 Å². The second kappa shape index (κ2) is 8.48. The van der Waals surface area contributed by atoms with Crippen molar-refractivity contribution in [3.63, 3.8) is 0 Å². The minimum Gasteiger partial charge on any atom is -0.492 e. The summed E-state index contributed by atoms with van der Waals surface area (Å²) >= 11 is 5.84. The number of aliphatic imine (C=N–C) groups is 1. The van der Waals surface area contributed by atoms with E-state index in [1.165, 1.54) is 0 Å². The Morgan fingerprint density at radius 1 is 1.12 bits per heavy atom. The van der Waals surface area contributed by atoms with Gasteiger partial charge in [0.15, 0.2) is 17.5 Å². The number of fused-ring (bicyclic) bond motifs is 1. The number of hydrogen-bond acceptors (Lipinski definition) is 4. The van der Waals surface area contributed by atoms with Crippen LogP contribution in [-0.4, -0.2) is 33.0 Å². The van der Waals surface area contributed by atoms with Crippen LogP contribution in [0.1, 0.15) is 5.56 Å². The first-order valence-corrected chi connectivity index (χ1v) is 8.34. The number of guanidine groups is 1. The Morgan fingerprint density at radius 3 is 2.72 bits per heavy atom. The zero-order valence-electron chi connectivity index (χ0n) is 13.9. The van der Waals surface area contributed by atoms with Crippen molar-refractivity contribution < 1.29 is 14.2 Å². The molecule has 0 fully saturated rings. The van der Waals surface area contributed by atoms with Gasteiger partial charge in [0.2, 0.25) is 6.79 Å². The Labute approximate surface area is 151 Å². The predicted molar refractivity (Wildman–Crippen MR) is 97.7 cm³/mol. The number of hydrogen-bond donors (Lipinski definition) is 2. The van der Waals surface area contributed by atoms with E-state index in [2.05, 4.69) is 15.6 Å². The highest BCUT2D eigenvalue weighted by molar-refractivity contribution is 6.30. The Balaban J connectivity index is 1.40. The molecule has 2 N–H and O–H groups in total. The smallest absolute Gasteiger partial charge is 0.231 e. The van der Waals surface area contributed by atoms with Gasteiger partial charge in [0, 0.05) is 18.6 Å². The van der Waals surface area contributed by atoms with E-state index in [0.717, 1.165) is 22.8 Å². The molecule has 0 aliphatic carbocycles. The van der Waals surface area contributed by atoms with E-state index in [-0.39, 0.29) is 6.79 Å². The molecule has 0 radical (unpaired) electrons. The maximum absolute atomic E-state index is 5.84. The summed E-state index contributed by atoms with van der Waals surface area (Å²) in [4.78, 5) is 4.20. The van der Waals surface area contributed by atoms with Crippen LogP contribution < -0.4 is 24.8 Å². The lowest BCUT2D eigenvalue weighted by Gasteiger charge is -2.13. The zero-order chi connectivity index (χ0) is 17.5. The van der Waals surface area contributed by atoms with Crippen molar-refractivity contribution >= 4 is 17.6 Å². The topological polar surface area (TPSA) is 64.1 Å². The monoisotopic (exact) mass is 361 g/mol. The molecule has 1 heterocycles. The highest BCUT2D eigenvalue weighted by Gasteiger charge is 2.13. The summed E-state index contributed by atoms with van der Waals surface area (Å²) < 4.78 is 16.3. The fourth-order valence-corrected chi connectivity index (χ4v) is 2.45. The molecular weight excluding hydrogens is 342 g/mol. The van der Waals surface area contributed by atoms with E-state index in [4.69, 9.17) is 25.8 Å². The number of ether oxygens (including phenoxy) is 3. The van der Waals surface area contributed by atoms with Crippen LogP contribution in [-0.2, 0) is 6.54 Å². The molecule has 132 valence electrons. The maximum atomic E-state index is 5.84. The predicted octanol–water partition coefficient (Wildman–Crippen LogP) is 2.81. The van der Waals surface area contributed by atoms with Gasteiger partial charge in [-0.15, -0.1) is 0 Å². The van der Waals surface area contributed by atoms with Gasteiger partial charge in [0.05, 0.1) is 6.54 Å². The molecule has 0 bridgehead atoms. The van der Waals surface area contributed by atoms with E-state index in [9.17, 15) is 0 Å². The van der Waals surface area contributed by atoms with Gasteiger partial charge in [0.1, 0.15) is 12.4 Å². The van der Waals surface area contributed by atoms with Gasteiger partial charge in [-0.25, -0.2) is 0 Å². The van der Waals surface area contributed by atoms with Crippen molar-refractivity contribution in [3.05, 3.63) is 53.1 Å². The Kier molecular flexibility index (Phi) is 5.85. The molecule has 0 atom stereocenters. The van der Waals surface area contributed by atoms with Crippen molar-refractivity contribution in [2.45, 2.75) is 6.54 Å². The Morgan fingerprint density at radius 2 is 1.92 bits per heavy atom. The molecule has 7 heteroatoms. The van der Waals surface area contributed by atoms with Crippen molar-refractivity contribution in [2.24, 2.45) is 4.99 Å². The third-order valence-corrected chi connectivity index (χ3v) is 3.85. The average molecular weight is 362 g/mol. The van der Waals surface area contributed by atoms with Crippen LogP contribution in [0, 0.1) is 0 Å². The van der Waals surface area contributed by atoms with Crippen LogP contribution in [0.4, 0.5) is 0 Å². The van der Waals surface area contributed by atoms with E-state index in [1.54, 1.807) is 19.2 Å². The second-order valence-electron chi connectivity index (χ2n) is 5.34. The Bertz CT molecular complexity index is 735. The lowest BCUT2D eigenvalue weighted by atomic mass is 10.2. The fraction of sp³-hybridized carbons (Fsp3) is 0.278. The summed E-state index contributed by atoms with van der Waals surface area (Å²) in [6, 6.07) is 13.2. The molecular formula is C18H20ClN3O3. The van der Waals surface area contributed by atoms with E-state index >= 15 is 0 Å². The van der Waals surface area contributed by atoms with Gasteiger partial charge in [-0.2, -0.15) is 0 Å². The largest absolute Gasteiger partial charge is 0.492 e. The summed E-state index contributed by atoms with van der Waals surface area (Å²) in [5, 5.41) is 7.15. The summed E-state index contributed by atoms with van der Waals surface area (Å²) in [6.45, 7) is 2.06. The first-order chi connectivity index (χ1) is 12.2. The number of halogens is 1. The molecule has 1 aliphatic heterocycles. The highest BCUT2D eigenvalue weighted by atomic mass is 35.5. The molecule has 2 aromatic rings. The number of benzene rings is 2. The minimum absolute atomic E-state index is 0.281. The van der Waals surface area contributed by atoms with Crippen molar-refractivity contribution in [3.8, 4) is 17.2 Å². The van der Waals surface area contributed by atoms with Crippen molar-refractivity contribution in [1.82, 2.24) is 10.6 Å². The molecule has 0 unspecified atom stereocenters. The third kappa shape index (κ3) is 4.93. The van der Waals surface area contributed by atoms with Gasteiger partial charge in [-0.05, 0) is 42.0 Å². The maximum Gasteiger partial charge on any atom is 0.231 e. The highest BCUT2D eigenvalue weighted by Crippen LogP contribution is 2.32. The summed E-state index contributed by atoms with van der Waals surface area (Å²) in [5.41, 5.74) is 1.09. The molecule has 3 rings (SSSR count). The lowest BCUT2D eigenvalue weighted by molar-refractivity contribution is 0.174. The molecule has 0 saturated heterocycles. The van der Waals surface area contributed by atoms with Crippen molar-refractivity contribution in [1.29, 1.82) is 0 Å². The standard InChI is InChI=1S/C18H20ClN3O3/c1-20-18(21-8-9-23-15-5-3-14(19)4-6-15)22-11-13-2-7-16-17(10-13)25-12-24-16/h2-7,10H,8-9,11-12H2,1H3,(H2,20,21,22). The summed E-state index contributed by atoms with van der Waals surface area (Å²) in [5.74, 6) is 3.05. The molecule has 0 amide bonds. The Hall–Kier alpha value is -2.60. The van der Waals surface area contributed by atoms with Gasteiger partial charge in [0.25, 0.3) is 0 Å². The first kappa shape index (κ1) is 17.2. The van der Waals surface area contributed by atoms with Crippen LogP contribution in [0.2, 0.25) is 5.02 Å². The van der Waals surface area contributed by atoms with Crippen LogP contribution in [0.25, 0.3) is 0 Å². The summed E-state index contributed by atoms with van der Waals surface area (Å²) in [7, 11) is 1.73. The second-order valence-corrected chi connectivity index (χ2v) is 5.78. The number of nitrogens with zero attached hydrogens (tertiary/aromatic N) is 1. The van der Waals surface area contributed by atoms with Crippen molar-refractivity contribution in [2.75, 3.05) is 27.0 Å². The quantitative estimate of drug-likeness (QED) is 0.470. The average Bonchev–Trinajstić information content (AvgIpc) is 3.10. The fourth-order valence-electron chi connectivity index (χ4n) is 2.33. The minimum atomic E-state index is 0.281. The molecule has 2 aromatic carbocycles. The lowest BCUT2D eigenvalue weighted by Crippen LogP contribution is -2.38. The molecule has 0 aromatic heterocycles. The number of rotatable bonds is 6. The van der Waals surface area contributed by atoms with E-state index < -0.39 is 0 Å². The van der Waals surface area contributed by atoms with Gasteiger partial charge < -0.3 is 24.8 Å². The van der Waals surface area contributed by atoms with Crippen LogP contribution >= 0.6 is 11.6 Å². The van der Waals surface area contributed by atoms with Crippen LogP contribution in [0.5, 0.6) is 17.2 Å². The molecule has 6 nitrogen and oxygen atoms in total. The number of nitrogens with one attached hydrogen (secondary N) is 2. The van der Waals surface area contributed by atoms with Gasteiger partial charge >= 0.3 is 0 Å². The third-order valence-electron chi connectivity index (χ3n) is 3.60. The normalized spacial score (nSPS) is 12.8. The van der Waals surface area contributed by atoms with E-state index in [1.807, 2.05) is 30.3 Å². The van der Waals surface area contributed by atoms with Gasteiger partial charge in [-0.3, -0.25) is 4.99 Å². The first-order valence-electron chi connectivity index (χ1n) is 7.96. The SMILES string of the molecule is CN=C(NCCOc1ccc(Cl)cc1)NCc1ccc2c(c1)OCO2. The van der Waals surface area contributed by atoms with Gasteiger partial charge in [-0.1, -0.05) is 17.7 Å².